The van der Waals surface area contributed by atoms with Gasteiger partial charge >= 0.3 is 0 Å². The zero-order valence-electron chi connectivity index (χ0n) is 26.6. The van der Waals surface area contributed by atoms with E-state index in [9.17, 15) is 25.5 Å². The molecule has 234 valence electrons. The van der Waals surface area contributed by atoms with Crippen molar-refractivity contribution in [3.63, 3.8) is 0 Å². The summed E-state index contributed by atoms with van der Waals surface area (Å²) in [5.41, 5.74) is 1.64. The lowest BCUT2D eigenvalue weighted by atomic mass is 9.36. The molecule has 5 aliphatic carbocycles. The van der Waals surface area contributed by atoms with Gasteiger partial charge in [0.15, 0.2) is 0 Å². The van der Waals surface area contributed by atoms with Gasteiger partial charge in [-0.3, -0.25) is 0 Å². The molecule has 1 aliphatic heterocycles. The summed E-state index contributed by atoms with van der Waals surface area (Å²) in [7, 11) is 0. The van der Waals surface area contributed by atoms with Crippen molar-refractivity contribution < 1.29 is 30.3 Å². The zero-order chi connectivity index (χ0) is 29.9. The Bertz CT molecular complexity index is 1050. The van der Waals surface area contributed by atoms with Crippen molar-refractivity contribution in [1.29, 1.82) is 0 Å². The number of aliphatic hydroxyl groups is 5. The smallest absolute Gasteiger partial charge is 0.113 e. The SMILES string of the molecule is CC1O[C@@H](C(O)[C@@]23CCC4C(=CCC5[C@@]4(C)CCC4C(C)(C)[C@@H](O)CC[C@@]45C)C2CC(C)(C)CC3)C(O)C(O)[C@H]1O. The van der Waals surface area contributed by atoms with E-state index >= 15 is 0 Å². The lowest BCUT2D eigenvalue weighted by molar-refractivity contribution is -0.262. The van der Waals surface area contributed by atoms with Crippen LogP contribution in [0.4, 0.5) is 0 Å². The fourth-order valence-corrected chi connectivity index (χ4v) is 12.1. The first kappa shape index (κ1) is 30.5. The second-order valence-electron chi connectivity index (χ2n) is 17.4. The van der Waals surface area contributed by atoms with Gasteiger partial charge in [0.05, 0.1) is 18.3 Å². The first-order chi connectivity index (χ1) is 19.0. The molecule has 0 amide bonds. The third-order valence-electron chi connectivity index (χ3n) is 14.7. The number of aliphatic hydroxyl groups excluding tert-OH is 5. The molecule has 6 aliphatic rings. The largest absolute Gasteiger partial charge is 0.393 e. The van der Waals surface area contributed by atoms with Gasteiger partial charge in [-0.25, -0.2) is 0 Å². The minimum absolute atomic E-state index is 0.0618. The molecule has 0 bridgehead atoms. The summed E-state index contributed by atoms with van der Waals surface area (Å²) in [5.74, 6) is 1.81. The molecule has 0 aromatic heterocycles. The van der Waals surface area contributed by atoms with Crippen molar-refractivity contribution in [2.24, 2.45) is 50.7 Å². The number of hydrogen-bond donors (Lipinski definition) is 5. The van der Waals surface area contributed by atoms with Gasteiger partial charge < -0.3 is 30.3 Å². The van der Waals surface area contributed by atoms with Crippen LogP contribution in [0.2, 0.25) is 0 Å². The third-order valence-corrected chi connectivity index (χ3v) is 14.7. The van der Waals surface area contributed by atoms with Crippen molar-refractivity contribution >= 4 is 0 Å². The monoisotopic (exact) mass is 574 g/mol. The Labute approximate surface area is 248 Å². The quantitative estimate of drug-likeness (QED) is 0.297. The van der Waals surface area contributed by atoms with Crippen molar-refractivity contribution in [2.75, 3.05) is 0 Å². The first-order valence-corrected chi connectivity index (χ1v) is 16.8. The third kappa shape index (κ3) is 4.24. The van der Waals surface area contributed by atoms with E-state index in [0.29, 0.717) is 17.8 Å². The molecule has 0 aromatic carbocycles. The van der Waals surface area contributed by atoms with Gasteiger partial charge in [0, 0.05) is 5.41 Å². The maximum Gasteiger partial charge on any atom is 0.113 e. The highest BCUT2D eigenvalue weighted by molar-refractivity contribution is 5.30. The average molecular weight is 575 g/mol. The van der Waals surface area contributed by atoms with E-state index in [0.717, 1.165) is 51.4 Å². The van der Waals surface area contributed by atoms with Gasteiger partial charge in [0.2, 0.25) is 0 Å². The van der Waals surface area contributed by atoms with E-state index in [1.54, 1.807) is 6.92 Å². The van der Waals surface area contributed by atoms with Crippen LogP contribution >= 0.6 is 0 Å². The van der Waals surface area contributed by atoms with Crippen molar-refractivity contribution in [2.45, 2.75) is 155 Å². The minimum Gasteiger partial charge on any atom is -0.393 e. The Balaban J connectivity index is 1.37. The van der Waals surface area contributed by atoms with Gasteiger partial charge in [-0.05, 0) is 116 Å². The summed E-state index contributed by atoms with van der Waals surface area (Å²) in [6, 6.07) is 0. The van der Waals surface area contributed by atoms with Crippen LogP contribution in [0.3, 0.4) is 0 Å². The van der Waals surface area contributed by atoms with E-state index in [1.165, 1.54) is 18.4 Å². The topological polar surface area (TPSA) is 110 Å². The summed E-state index contributed by atoms with van der Waals surface area (Å²) in [6.45, 7) is 16.1. The molecule has 5 fully saturated rings. The fraction of sp³-hybridized carbons (Fsp3) is 0.943. The van der Waals surface area contributed by atoms with Gasteiger partial charge in [-0.1, -0.05) is 53.2 Å². The number of allylic oxidation sites excluding steroid dienone is 2. The fourth-order valence-electron chi connectivity index (χ4n) is 12.1. The van der Waals surface area contributed by atoms with Crippen LogP contribution in [0, 0.1) is 50.7 Å². The van der Waals surface area contributed by atoms with Gasteiger partial charge in [0.25, 0.3) is 0 Å². The van der Waals surface area contributed by atoms with Gasteiger partial charge in [-0.2, -0.15) is 0 Å². The van der Waals surface area contributed by atoms with Crippen LogP contribution in [-0.4, -0.2) is 68.3 Å². The molecule has 0 radical (unpaired) electrons. The van der Waals surface area contributed by atoms with Crippen molar-refractivity contribution in [3.8, 4) is 0 Å². The molecule has 14 atom stereocenters. The van der Waals surface area contributed by atoms with Crippen LogP contribution in [0.5, 0.6) is 0 Å². The molecule has 6 nitrogen and oxygen atoms in total. The molecule has 4 saturated carbocycles. The van der Waals surface area contributed by atoms with Crippen LogP contribution < -0.4 is 0 Å². The molecule has 0 aromatic rings. The average Bonchev–Trinajstić information content (AvgIpc) is 2.90. The van der Waals surface area contributed by atoms with Crippen LogP contribution in [0.1, 0.15) is 113 Å². The Morgan fingerprint density at radius 2 is 1.44 bits per heavy atom. The number of fused-ring (bicyclic) bond motifs is 7. The first-order valence-electron chi connectivity index (χ1n) is 16.8. The summed E-state index contributed by atoms with van der Waals surface area (Å²) in [5, 5.41) is 55.1. The van der Waals surface area contributed by atoms with E-state index in [4.69, 9.17) is 4.74 Å². The van der Waals surface area contributed by atoms with Gasteiger partial charge in [0.1, 0.15) is 24.4 Å². The van der Waals surface area contributed by atoms with E-state index in [-0.39, 0.29) is 33.7 Å². The van der Waals surface area contributed by atoms with Crippen LogP contribution in [0.25, 0.3) is 0 Å². The maximum atomic E-state index is 12.2. The molecular weight excluding hydrogens is 516 g/mol. The summed E-state index contributed by atoms with van der Waals surface area (Å²) >= 11 is 0. The number of rotatable bonds is 2. The molecule has 1 heterocycles. The lowest BCUT2D eigenvalue weighted by Gasteiger charge is -2.68. The Morgan fingerprint density at radius 3 is 2.15 bits per heavy atom. The lowest BCUT2D eigenvalue weighted by Crippen LogP contribution is -2.66. The van der Waals surface area contributed by atoms with E-state index < -0.39 is 42.0 Å². The van der Waals surface area contributed by atoms with E-state index in [2.05, 4.69) is 47.6 Å². The minimum atomic E-state index is -1.33. The van der Waals surface area contributed by atoms with Gasteiger partial charge in [-0.15, -0.1) is 0 Å². The highest BCUT2D eigenvalue weighted by atomic mass is 16.5. The summed E-state index contributed by atoms with van der Waals surface area (Å²) in [4.78, 5) is 0. The highest BCUT2D eigenvalue weighted by Crippen LogP contribution is 2.72. The molecular formula is C35H58O6. The molecule has 5 N–H and O–H groups in total. The molecule has 8 unspecified atom stereocenters. The highest BCUT2D eigenvalue weighted by Gasteiger charge is 2.66. The molecule has 41 heavy (non-hydrogen) atoms. The summed E-state index contributed by atoms with van der Waals surface area (Å²) in [6.07, 6.45) is 6.30. The Hall–Kier alpha value is -0.500. The molecule has 0 spiro atoms. The number of ether oxygens (including phenoxy) is 1. The normalized spacial score (nSPS) is 55.0. The number of hydrogen-bond acceptors (Lipinski definition) is 6. The molecule has 6 rings (SSSR count). The predicted octanol–water partition coefficient (Wildman–Crippen LogP) is 4.99. The second kappa shape index (κ2) is 9.75. The van der Waals surface area contributed by atoms with Crippen molar-refractivity contribution in [1.82, 2.24) is 0 Å². The molecule has 1 saturated heterocycles. The Kier molecular flexibility index (Phi) is 7.26. The summed E-state index contributed by atoms with van der Waals surface area (Å²) < 4.78 is 6.08. The second-order valence-corrected chi connectivity index (χ2v) is 17.4. The standard InChI is InChI=1S/C35H58O6/c1-19-26(37)27(38)28(39)29(41-19)30(40)35-15-10-21-20(22(35)18-31(2,3)16-17-35)8-9-24-33(21,6)13-11-23-32(4,5)25(36)12-14-34(23,24)7/h8,19,21-30,36-40H,9-18H2,1-7H3/t19?,21?,22?,23?,24?,25-,26-,27?,28?,29+,30?,33-,34-,35+/m0/s1. The van der Waals surface area contributed by atoms with Crippen LogP contribution in [-0.2, 0) is 4.74 Å². The maximum absolute atomic E-state index is 12.2. The van der Waals surface area contributed by atoms with Crippen molar-refractivity contribution in [3.05, 3.63) is 11.6 Å². The van der Waals surface area contributed by atoms with Crippen LogP contribution in [0.15, 0.2) is 11.6 Å². The Morgan fingerprint density at radius 1 is 0.756 bits per heavy atom. The zero-order valence-corrected chi connectivity index (χ0v) is 26.6. The van der Waals surface area contributed by atoms with E-state index in [1.807, 2.05) is 0 Å². The molecule has 6 heteroatoms. The predicted molar refractivity (Wildman–Crippen MR) is 159 cm³/mol.